The first-order valence-electron chi connectivity index (χ1n) is 7.47. The lowest BCUT2D eigenvalue weighted by atomic mass is 9.83. The Bertz CT molecular complexity index is 949. The second-order valence-electron chi connectivity index (χ2n) is 5.55. The third-order valence-corrected chi connectivity index (χ3v) is 4.71. The third-order valence-electron chi connectivity index (χ3n) is 4.21. The lowest BCUT2D eigenvalue weighted by molar-refractivity contribution is 0.174. The Morgan fingerprint density at radius 1 is 1.16 bits per heavy atom. The van der Waals surface area contributed by atoms with Crippen LogP contribution in [-0.4, -0.2) is 13.9 Å². The van der Waals surface area contributed by atoms with Gasteiger partial charge in [-0.25, -0.2) is 0 Å². The first kappa shape index (κ1) is 15.7. The number of nitriles is 1. The second kappa shape index (κ2) is 5.90. The molecule has 0 amide bonds. The Morgan fingerprint density at radius 2 is 1.92 bits per heavy atom. The van der Waals surface area contributed by atoms with Crippen LogP contribution in [0.1, 0.15) is 17.0 Å². The molecule has 0 spiro atoms. The zero-order valence-electron chi connectivity index (χ0n) is 13.2. The Balaban J connectivity index is 1.98. The summed E-state index contributed by atoms with van der Waals surface area (Å²) in [4.78, 5) is 0. The average molecular weight is 401 g/mol. The summed E-state index contributed by atoms with van der Waals surface area (Å²) in [6.07, 6.45) is 0. The average Bonchev–Trinajstić information content (AvgIpc) is 3.06. The number of hydrogen-bond donors (Lipinski definition) is 1. The van der Waals surface area contributed by atoms with Gasteiger partial charge >= 0.3 is 0 Å². The maximum Gasteiger partial charge on any atom is 0.231 e. The summed E-state index contributed by atoms with van der Waals surface area (Å²) in [5, 5.41) is 9.67. The molecule has 7 heteroatoms. The molecule has 6 nitrogen and oxygen atoms in total. The largest absolute Gasteiger partial charge is 0.496 e. The summed E-state index contributed by atoms with van der Waals surface area (Å²) >= 11 is 3.48. The quantitative estimate of drug-likeness (QED) is 0.830. The number of fused-ring (bicyclic) bond motifs is 2. The van der Waals surface area contributed by atoms with Crippen molar-refractivity contribution < 1.29 is 18.9 Å². The van der Waals surface area contributed by atoms with Gasteiger partial charge in [-0.2, -0.15) is 5.26 Å². The summed E-state index contributed by atoms with van der Waals surface area (Å²) in [6, 6.07) is 11.4. The van der Waals surface area contributed by atoms with Gasteiger partial charge in [0.15, 0.2) is 11.5 Å². The molecule has 2 aliphatic heterocycles. The second-order valence-corrected chi connectivity index (χ2v) is 6.47. The predicted molar refractivity (Wildman–Crippen MR) is 92.6 cm³/mol. The minimum absolute atomic E-state index is 0.0703. The van der Waals surface area contributed by atoms with Gasteiger partial charge in [0.25, 0.3) is 0 Å². The summed E-state index contributed by atoms with van der Waals surface area (Å²) in [5.41, 5.74) is 7.91. The first-order chi connectivity index (χ1) is 12.1. The number of halogens is 1. The molecule has 0 radical (unpaired) electrons. The fourth-order valence-electron chi connectivity index (χ4n) is 3.10. The number of methoxy groups -OCH3 is 1. The summed E-state index contributed by atoms with van der Waals surface area (Å²) < 4.78 is 22.9. The molecule has 0 saturated carbocycles. The minimum atomic E-state index is -0.435. The number of rotatable bonds is 2. The van der Waals surface area contributed by atoms with Crippen LogP contribution in [0.25, 0.3) is 0 Å². The van der Waals surface area contributed by atoms with Crippen LogP contribution in [0.15, 0.2) is 46.3 Å². The number of allylic oxidation sites excluding steroid dienone is 1. The molecular formula is C18H13BrN2O4. The summed E-state index contributed by atoms with van der Waals surface area (Å²) in [7, 11) is 1.59. The number of nitrogens with two attached hydrogens (primary N) is 1. The van der Waals surface area contributed by atoms with E-state index in [2.05, 4.69) is 22.0 Å². The molecule has 2 aromatic carbocycles. The van der Waals surface area contributed by atoms with E-state index in [0.717, 1.165) is 15.6 Å². The minimum Gasteiger partial charge on any atom is -0.496 e. The van der Waals surface area contributed by atoms with Crippen LogP contribution in [-0.2, 0) is 0 Å². The molecule has 25 heavy (non-hydrogen) atoms. The molecule has 2 aliphatic rings. The molecule has 2 heterocycles. The van der Waals surface area contributed by atoms with Crippen LogP contribution in [0.5, 0.6) is 23.0 Å². The fraction of sp³-hybridized carbons (Fsp3) is 0.167. The first-order valence-corrected chi connectivity index (χ1v) is 8.26. The van der Waals surface area contributed by atoms with Crippen molar-refractivity contribution in [1.29, 1.82) is 5.26 Å². The van der Waals surface area contributed by atoms with Crippen LogP contribution in [0.4, 0.5) is 0 Å². The highest BCUT2D eigenvalue weighted by Crippen LogP contribution is 2.49. The van der Waals surface area contributed by atoms with Crippen molar-refractivity contribution in [2.75, 3.05) is 13.9 Å². The molecule has 2 N–H and O–H groups in total. The van der Waals surface area contributed by atoms with Crippen molar-refractivity contribution in [3.05, 3.63) is 57.4 Å². The van der Waals surface area contributed by atoms with Gasteiger partial charge in [0.1, 0.15) is 23.1 Å². The number of nitrogens with zero attached hydrogens (tertiary/aromatic N) is 1. The van der Waals surface area contributed by atoms with Crippen molar-refractivity contribution in [2.45, 2.75) is 5.92 Å². The van der Waals surface area contributed by atoms with Crippen molar-refractivity contribution >= 4 is 15.9 Å². The molecule has 0 aromatic heterocycles. The van der Waals surface area contributed by atoms with Crippen LogP contribution in [0, 0.1) is 11.3 Å². The Morgan fingerprint density at radius 3 is 2.64 bits per heavy atom. The molecule has 2 aromatic rings. The van der Waals surface area contributed by atoms with Crippen LogP contribution in [0.2, 0.25) is 0 Å². The third kappa shape index (κ3) is 2.46. The lowest BCUT2D eigenvalue weighted by Crippen LogP contribution is -2.21. The van der Waals surface area contributed by atoms with Crippen LogP contribution >= 0.6 is 15.9 Å². The van der Waals surface area contributed by atoms with Crippen molar-refractivity contribution in [2.24, 2.45) is 5.73 Å². The highest BCUT2D eigenvalue weighted by atomic mass is 79.9. The smallest absolute Gasteiger partial charge is 0.231 e. The summed E-state index contributed by atoms with van der Waals surface area (Å²) in [6.45, 7) is 0.150. The normalized spacial score (nSPS) is 17.6. The van der Waals surface area contributed by atoms with Crippen molar-refractivity contribution in [1.82, 2.24) is 0 Å². The van der Waals surface area contributed by atoms with E-state index in [9.17, 15) is 5.26 Å². The number of ether oxygens (including phenoxy) is 4. The van der Waals surface area contributed by atoms with Crippen molar-refractivity contribution in [3.63, 3.8) is 0 Å². The molecule has 126 valence electrons. The Labute approximate surface area is 152 Å². The van der Waals surface area contributed by atoms with Crippen LogP contribution < -0.4 is 24.7 Å². The van der Waals surface area contributed by atoms with E-state index in [1.54, 1.807) is 13.2 Å². The van der Waals surface area contributed by atoms with E-state index in [4.69, 9.17) is 24.7 Å². The molecular weight excluding hydrogens is 388 g/mol. The van der Waals surface area contributed by atoms with E-state index in [-0.39, 0.29) is 12.7 Å². The van der Waals surface area contributed by atoms with E-state index in [1.165, 1.54) is 0 Å². The molecule has 0 aliphatic carbocycles. The maximum atomic E-state index is 9.67. The molecule has 1 atom stereocenters. The lowest BCUT2D eigenvalue weighted by Gasteiger charge is -2.27. The molecule has 4 rings (SSSR count). The standard InChI is InChI=1S/C18H13BrN2O4/c1-22-13-3-2-9(19)4-10(13)17-11-5-15-16(24-8-23-15)6-14(11)25-18(21)12(17)7-20/h2-6,17H,8,21H2,1H3. The number of benzene rings is 2. The highest BCUT2D eigenvalue weighted by molar-refractivity contribution is 9.10. The molecule has 0 saturated heterocycles. The Kier molecular flexibility index (Phi) is 3.70. The van der Waals surface area contributed by atoms with Gasteiger partial charge in [-0.3, -0.25) is 0 Å². The van der Waals surface area contributed by atoms with E-state index in [0.29, 0.717) is 28.6 Å². The molecule has 1 unspecified atom stereocenters. The highest BCUT2D eigenvalue weighted by Gasteiger charge is 2.34. The predicted octanol–water partition coefficient (Wildman–Crippen LogP) is 3.40. The van der Waals surface area contributed by atoms with Gasteiger partial charge in [-0.05, 0) is 24.3 Å². The van der Waals surface area contributed by atoms with Gasteiger partial charge < -0.3 is 24.7 Å². The molecule has 0 fully saturated rings. The van der Waals surface area contributed by atoms with Crippen molar-refractivity contribution in [3.8, 4) is 29.1 Å². The van der Waals surface area contributed by atoms with E-state index < -0.39 is 5.92 Å². The van der Waals surface area contributed by atoms with Gasteiger partial charge in [-0.1, -0.05) is 15.9 Å². The zero-order chi connectivity index (χ0) is 17.6. The Hall–Kier alpha value is -2.85. The topological polar surface area (TPSA) is 86.7 Å². The SMILES string of the molecule is COc1ccc(Br)cc1C1C(C#N)=C(N)Oc2cc3c(cc21)OCO3. The monoisotopic (exact) mass is 400 g/mol. The number of hydrogen-bond acceptors (Lipinski definition) is 6. The van der Waals surface area contributed by atoms with E-state index >= 15 is 0 Å². The van der Waals surface area contributed by atoms with Gasteiger partial charge in [0.2, 0.25) is 12.7 Å². The van der Waals surface area contributed by atoms with Gasteiger partial charge in [-0.15, -0.1) is 0 Å². The zero-order valence-corrected chi connectivity index (χ0v) is 14.8. The van der Waals surface area contributed by atoms with Gasteiger partial charge in [0, 0.05) is 21.7 Å². The van der Waals surface area contributed by atoms with Gasteiger partial charge in [0.05, 0.1) is 13.0 Å². The molecule has 0 bridgehead atoms. The van der Waals surface area contributed by atoms with Crippen LogP contribution in [0.3, 0.4) is 0 Å². The summed E-state index contributed by atoms with van der Waals surface area (Å²) in [5.74, 6) is 2.02. The maximum absolute atomic E-state index is 9.67. The van der Waals surface area contributed by atoms with E-state index in [1.807, 2.05) is 24.3 Å². The fourth-order valence-corrected chi connectivity index (χ4v) is 3.48.